The quantitative estimate of drug-likeness (QED) is 0.150. The molecule has 3 atom stereocenters. The lowest BCUT2D eigenvalue weighted by atomic mass is 9.92. The zero-order chi connectivity index (χ0) is 27.7. The zero-order valence-corrected chi connectivity index (χ0v) is 22.9. The number of esters is 1. The summed E-state index contributed by atoms with van der Waals surface area (Å²) in [7, 11) is 3.32. The Hall–Kier alpha value is -3.91. The molecule has 200 valence electrons. The summed E-state index contributed by atoms with van der Waals surface area (Å²) in [4.78, 5) is 26.1. The van der Waals surface area contributed by atoms with Gasteiger partial charge in [-0.1, -0.05) is 36.4 Å². The highest BCUT2D eigenvalue weighted by Gasteiger charge is 2.58. The topological polar surface area (TPSA) is 90.9 Å². The van der Waals surface area contributed by atoms with E-state index in [9.17, 15) is 14.9 Å². The first-order valence-corrected chi connectivity index (χ1v) is 12.6. The average Bonchev–Trinajstić information content (AvgIpc) is 3.59. The molecule has 38 heavy (non-hydrogen) atoms. The third-order valence-corrected chi connectivity index (χ3v) is 7.13. The van der Waals surface area contributed by atoms with Crippen LogP contribution in [-0.2, 0) is 9.53 Å². The Morgan fingerprint density at radius 2 is 1.34 bits per heavy atom. The fraction of sp³-hybridized carbons (Fsp3) is 0.367. The molecule has 3 aromatic carbocycles. The lowest BCUT2D eigenvalue weighted by Crippen LogP contribution is -2.21. The number of methoxy groups -OCH3 is 2. The van der Waals surface area contributed by atoms with E-state index in [-0.39, 0.29) is 30.3 Å². The molecule has 0 radical (unpaired) electrons. The highest BCUT2D eigenvalue weighted by atomic mass is 16.6. The summed E-state index contributed by atoms with van der Waals surface area (Å²) < 4.78 is 16.7. The Labute approximate surface area is 223 Å². The van der Waals surface area contributed by atoms with E-state index in [2.05, 4.69) is 29.2 Å². The summed E-state index contributed by atoms with van der Waals surface area (Å²) in [5, 5.41) is 11.2. The van der Waals surface area contributed by atoms with E-state index in [1.54, 1.807) is 33.3 Å². The molecular formula is C30H34N2O6. The molecule has 1 heterocycles. The van der Waals surface area contributed by atoms with Crippen LogP contribution in [0.5, 0.6) is 11.5 Å². The van der Waals surface area contributed by atoms with Crippen molar-refractivity contribution in [1.82, 2.24) is 4.90 Å². The molecule has 1 aliphatic heterocycles. The summed E-state index contributed by atoms with van der Waals surface area (Å²) in [5.41, 5.74) is 6.85. The maximum atomic E-state index is 13.2. The summed E-state index contributed by atoms with van der Waals surface area (Å²) in [6, 6.07) is 13.7. The second-order valence-corrected chi connectivity index (χ2v) is 9.72. The Balaban J connectivity index is 1.89. The number of benzene rings is 3. The molecule has 3 aromatic rings. The average molecular weight is 519 g/mol. The number of carbonyl (C=O) groups is 1. The van der Waals surface area contributed by atoms with E-state index >= 15 is 0 Å². The van der Waals surface area contributed by atoms with Gasteiger partial charge < -0.3 is 14.2 Å². The van der Waals surface area contributed by atoms with Crippen LogP contribution in [-0.4, -0.2) is 42.7 Å². The van der Waals surface area contributed by atoms with Crippen molar-refractivity contribution >= 4 is 11.7 Å². The first kappa shape index (κ1) is 27.1. The number of aryl methyl sites for hydroxylation is 4. The predicted molar refractivity (Wildman–Crippen MR) is 145 cm³/mol. The third-order valence-electron chi connectivity index (χ3n) is 7.13. The number of rotatable bonds is 9. The molecule has 0 spiro atoms. The van der Waals surface area contributed by atoms with Gasteiger partial charge in [0.25, 0.3) is 5.69 Å². The van der Waals surface area contributed by atoms with Crippen molar-refractivity contribution in [2.75, 3.05) is 20.8 Å². The summed E-state index contributed by atoms with van der Waals surface area (Å²) >= 11 is 0. The van der Waals surface area contributed by atoms with Gasteiger partial charge in [0.15, 0.2) is 0 Å². The van der Waals surface area contributed by atoms with Crippen molar-refractivity contribution in [3.8, 4) is 11.5 Å². The fourth-order valence-electron chi connectivity index (χ4n) is 5.66. The van der Waals surface area contributed by atoms with Gasteiger partial charge in [0.1, 0.15) is 17.5 Å². The summed E-state index contributed by atoms with van der Waals surface area (Å²) in [6.45, 7) is 10.1. The monoisotopic (exact) mass is 518 g/mol. The largest absolute Gasteiger partial charge is 0.496 e. The standard InChI is InChI=1S/C30H34N2O6/c1-8-38-30(33)27-26(21-9-11-24(12-10-21)32(34)35)31(27)25(22-13-17(2)28(36-6)18(3)14-22)23-15-19(4)29(37-7)20(5)16-23/h9-16,25-27H,8H2,1-7H3/t26-,27-,31?/m1/s1. The molecule has 1 unspecified atom stereocenters. The van der Waals surface area contributed by atoms with Gasteiger partial charge in [-0.15, -0.1) is 0 Å². The minimum atomic E-state index is -0.535. The number of nitro groups is 1. The van der Waals surface area contributed by atoms with E-state index in [0.29, 0.717) is 0 Å². The lowest BCUT2D eigenvalue weighted by Gasteiger charge is -2.25. The molecule has 0 bridgehead atoms. The van der Waals surface area contributed by atoms with Gasteiger partial charge in [0.2, 0.25) is 0 Å². The summed E-state index contributed by atoms with van der Waals surface area (Å²) in [5.74, 6) is 1.34. The number of carbonyl (C=O) groups excluding carboxylic acids is 1. The first-order chi connectivity index (χ1) is 18.1. The van der Waals surface area contributed by atoms with Crippen molar-refractivity contribution in [2.45, 2.75) is 52.7 Å². The van der Waals surface area contributed by atoms with Crippen molar-refractivity contribution in [1.29, 1.82) is 0 Å². The number of hydrogen-bond acceptors (Lipinski definition) is 7. The molecule has 0 saturated carbocycles. The smallest absolute Gasteiger partial charge is 0.325 e. The Kier molecular flexibility index (Phi) is 7.73. The van der Waals surface area contributed by atoms with Crippen LogP contribution in [0.3, 0.4) is 0 Å². The van der Waals surface area contributed by atoms with Crippen LogP contribution in [0.15, 0.2) is 48.5 Å². The van der Waals surface area contributed by atoms with Crippen LogP contribution in [0.25, 0.3) is 0 Å². The van der Waals surface area contributed by atoms with Crippen LogP contribution in [0.4, 0.5) is 5.69 Å². The van der Waals surface area contributed by atoms with Crippen LogP contribution >= 0.6 is 0 Å². The SMILES string of the molecule is CCOC(=O)[C@H]1[C@@H](c2ccc([N+](=O)[O-])cc2)N1C(c1cc(C)c(OC)c(C)c1)c1cc(C)c(OC)c(C)c1. The zero-order valence-electron chi connectivity index (χ0n) is 22.9. The van der Waals surface area contributed by atoms with Gasteiger partial charge in [-0.25, -0.2) is 0 Å². The Bertz CT molecular complexity index is 1260. The first-order valence-electron chi connectivity index (χ1n) is 12.6. The van der Waals surface area contributed by atoms with Crippen molar-refractivity contribution in [3.05, 3.63) is 97.6 Å². The maximum absolute atomic E-state index is 13.2. The predicted octanol–water partition coefficient (Wildman–Crippen LogP) is 5.92. The molecule has 0 aromatic heterocycles. The maximum Gasteiger partial charge on any atom is 0.325 e. The number of nitro benzene ring substituents is 1. The van der Waals surface area contributed by atoms with Crippen LogP contribution in [0.2, 0.25) is 0 Å². The molecule has 1 fully saturated rings. The van der Waals surface area contributed by atoms with Crippen LogP contribution in [0.1, 0.15) is 58.0 Å². The van der Waals surface area contributed by atoms with Gasteiger partial charge in [0.05, 0.1) is 37.8 Å². The van der Waals surface area contributed by atoms with Gasteiger partial charge >= 0.3 is 5.97 Å². The number of non-ortho nitro benzene ring substituents is 1. The van der Waals surface area contributed by atoms with Crippen molar-refractivity contribution in [2.24, 2.45) is 0 Å². The van der Waals surface area contributed by atoms with E-state index < -0.39 is 11.0 Å². The Morgan fingerprint density at radius 1 is 0.895 bits per heavy atom. The van der Waals surface area contributed by atoms with E-state index in [1.165, 1.54) is 12.1 Å². The van der Waals surface area contributed by atoms with Crippen LogP contribution in [0, 0.1) is 37.8 Å². The summed E-state index contributed by atoms with van der Waals surface area (Å²) in [6.07, 6.45) is 0. The fourth-order valence-corrected chi connectivity index (χ4v) is 5.66. The third kappa shape index (κ3) is 4.96. The van der Waals surface area contributed by atoms with Gasteiger partial charge in [-0.2, -0.15) is 0 Å². The Morgan fingerprint density at radius 3 is 1.71 bits per heavy atom. The van der Waals surface area contributed by atoms with Gasteiger partial charge in [-0.3, -0.25) is 19.8 Å². The second-order valence-electron chi connectivity index (χ2n) is 9.72. The second kappa shape index (κ2) is 10.8. The minimum absolute atomic E-state index is 0.00740. The molecule has 0 N–H and O–H groups in total. The van der Waals surface area contributed by atoms with Gasteiger partial charge in [0, 0.05) is 12.1 Å². The van der Waals surface area contributed by atoms with Crippen molar-refractivity contribution in [3.63, 3.8) is 0 Å². The molecule has 1 aliphatic rings. The number of hydrogen-bond donors (Lipinski definition) is 0. The molecule has 4 rings (SSSR count). The number of ether oxygens (including phenoxy) is 3. The number of nitrogens with zero attached hydrogens (tertiary/aromatic N) is 2. The van der Waals surface area contributed by atoms with E-state index in [1.807, 2.05) is 27.7 Å². The normalized spacial score (nSPS) is 18.3. The van der Waals surface area contributed by atoms with E-state index in [0.717, 1.165) is 50.4 Å². The molecule has 0 aliphatic carbocycles. The van der Waals surface area contributed by atoms with Crippen LogP contribution < -0.4 is 9.47 Å². The molecule has 8 heteroatoms. The highest BCUT2D eigenvalue weighted by molar-refractivity contribution is 5.81. The lowest BCUT2D eigenvalue weighted by molar-refractivity contribution is -0.384. The highest BCUT2D eigenvalue weighted by Crippen LogP contribution is 2.53. The minimum Gasteiger partial charge on any atom is -0.496 e. The van der Waals surface area contributed by atoms with Crippen molar-refractivity contribution < 1.29 is 23.9 Å². The molecule has 1 saturated heterocycles. The van der Waals surface area contributed by atoms with E-state index in [4.69, 9.17) is 14.2 Å². The molecule has 0 amide bonds. The van der Waals surface area contributed by atoms with Gasteiger partial charge in [-0.05, 0) is 73.6 Å². The molecule has 8 nitrogen and oxygen atoms in total. The molecular weight excluding hydrogens is 484 g/mol.